The molecule has 0 aromatic carbocycles. The van der Waals surface area contributed by atoms with Crippen LogP contribution in [0.1, 0.15) is 0 Å². The van der Waals surface area contributed by atoms with Crippen molar-refractivity contribution in [3.63, 3.8) is 0 Å². The van der Waals surface area contributed by atoms with Crippen molar-refractivity contribution in [2.75, 3.05) is 0 Å². The topological polar surface area (TPSA) is 265 Å². The quantitative estimate of drug-likeness (QED) is 0.358. The first-order valence-corrected chi connectivity index (χ1v) is 2.19. The van der Waals surface area contributed by atoms with Crippen molar-refractivity contribution >= 4 is 0 Å². The molecule has 0 spiro atoms. The molecule has 0 radical (unpaired) electrons. The summed E-state index contributed by atoms with van der Waals surface area (Å²) in [5, 5.41) is 59.0. The molecule has 96 valence electrons. The van der Waals surface area contributed by atoms with Crippen LogP contribution >= 0.6 is 0 Å². The van der Waals surface area contributed by atoms with E-state index in [1.165, 1.54) is 0 Å². The van der Waals surface area contributed by atoms with E-state index in [-0.39, 0.29) is 41.7 Å². The van der Waals surface area contributed by atoms with Crippen LogP contribution in [0.15, 0.2) is 0 Å². The largest absolute Gasteiger partial charge is 4.00 e. The van der Waals surface area contributed by atoms with Crippen LogP contribution in [-0.2, 0) is 0 Å². The molecule has 0 saturated heterocycles. The third-order valence-corrected chi connectivity index (χ3v) is 0. The maximum Gasteiger partial charge on any atom is 4.00 e. The van der Waals surface area contributed by atoms with E-state index in [0.717, 1.165) is 0 Å². The average Bonchev–Trinajstić information content (AvgIpc) is 1.76. The van der Waals surface area contributed by atoms with E-state index in [2.05, 4.69) is 0 Å². The van der Waals surface area contributed by atoms with Crippen molar-refractivity contribution in [3.8, 4) is 0 Å². The van der Waals surface area contributed by atoms with E-state index in [9.17, 15) is 0 Å². The Morgan fingerprint density at radius 3 is 0.412 bits per heavy atom. The van der Waals surface area contributed by atoms with Gasteiger partial charge in [-0.3, -0.25) is 0 Å². The summed E-state index contributed by atoms with van der Waals surface area (Å²) in [6.45, 7) is 0. The van der Waals surface area contributed by atoms with E-state index in [4.69, 9.17) is 61.3 Å². The molecule has 0 saturated carbocycles. The van der Waals surface area contributed by atoms with Gasteiger partial charge in [0.2, 0.25) is 0 Å². The Labute approximate surface area is 123 Å². The minimum Gasteiger partial charge on any atom is -0.356 e. The molecule has 16 nitrogen and oxygen atoms in total. The summed E-state index contributed by atoms with van der Waals surface area (Å²) in [6, 6.07) is 0. The molecular formula is CeN4O12. The smallest absolute Gasteiger partial charge is 0.356 e. The molecule has 0 atom stereocenters. The second kappa shape index (κ2) is 23.8. The molecule has 0 unspecified atom stereocenters. The summed E-state index contributed by atoms with van der Waals surface area (Å²) in [5.41, 5.74) is 0. The normalized spacial score (nSPS) is 5.65. The summed E-state index contributed by atoms with van der Waals surface area (Å²) in [6.07, 6.45) is 0. The van der Waals surface area contributed by atoms with Crippen LogP contribution < -0.4 is 0 Å². The molecular weight excluding hydrogens is 388 g/mol. The van der Waals surface area contributed by atoms with Gasteiger partial charge in [-0.15, -0.1) is 0 Å². The Morgan fingerprint density at radius 1 is 0.412 bits per heavy atom. The van der Waals surface area contributed by atoms with Crippen molar-refractivity contribution in [3.05, 3.63) is 61.3 Å². The fourth-order valence-corrected chi connectivity index (χ4v) is 0. The Morgan fingerprint density at radius 2 is 0.412 bits per heavy atom. The summed E-state index contributed by atoms with van der Waals surface area (Å²) in [4.78, 5) is 33.0. The second-order valence-corrected chi connectivity index (χ2v) is 0.894. The zero-order valence-corrected chi connectivity index (χ0v) is 10.3. The molecule has 0 rings (SSSR count). The minimum absolute atomic E-state index is 0. The fourth-order valence-electron chi connectivity index (χ4n) is 0. The van der Waals surface area contributed by atoms with Gasteiger partial charge in [0, 0.05) is 0 Å². The predicted molar refractivity (Wildman–Crippen MR) is 41.4 cm³/mol. The van der Waals surface area contributed by atoms with E-state index < -0.39 is 20.3 Å². The molecule has 0 aliphatic rings. The van der Waals surface area contributed by atoms with Crippen LogP contribution in [0.25, 0.3) is 0 Å². The Hall–Kier alpha value is -1.82. The molecule has 0 bridgehead atoms. The summed E-state index contributed by atoms with van der Waals surface area (Å²) >= 11 is 0. The van der Waals surface area contributed by atoms with Crippen molar-refractivity contribution in [1.29, 1.82) is 0 Å². The number of hydrogen-bond donors (Lipinski definition) is 0. The van der Waals surface area contributed by atoms with Crippen molar-refractivity contribution in [2.45, 2.75) is 0 Å². The third-order valence-electron chi connectivity index (χ3n) is 0. The Bertz CT molecular complexity index is 159. The predicted octanol–water partition coefficient (Wildman–Crippen LogP) is -0.956. The Kier molecular flexibility index (Phi) is 41.2. The standard InChI is InChI=1S/Ce.4NO3/c;4*2-1(3)4/q+4;4*-1. The zero-order valence-electron chi connectivity index (χ0n) is 7.19. The summed E-state index contributed by atoms with van der Waals surface area (Å²) < 4.78 is 0. The molecule has 0 N–H and O–H groups in total. The molecule has 0 fully saturated rings. The van der Waals surface area contributed by atoms with Crippen molar-refractivity contribution < 1.29 is 62.1 Å². The monoisotopic (exact) mass is 388 g/mol. The zero-order chi connectivity index (χ0) is 14.3. The van der Waals surface area contributed by atoms with Gasteiger partial charge in [-0.25, -0.2) is 0 Å². The van der Waals surface area contributed by atoms with Crippen molar-refractivity contribution in [1.82, 2.24) is 0 Å². The number of rotatable bonds is 0. The first kappa shape index (κ1) is 29.5. The van der Waals surface area contributed by atoms with Gasteiger partial charge in [-0.2, -0.15) is 0 Å². The number of nitrogens with zero attached hydrogens (tertiary/aromatic N) is 4. The van der Waals surface area contributed by atoms with E-state index in [1.54, 1.807) is 0 Å². The molecule has 17 heavy (non-hydrogen) atoms. The van der Waals surface area contributed by atoms with Crippen LogP contribution in [0, 0.1) is 103 Å². The fraction of sp³-hybridized carbons (Fsp3) is 0. The molecule has 0 aromatic heterocycles. The first-order valence-electron chi connectivity index (χ1n) is 2.19. The van der Waals surface area contributed by atoms with Gasteiger partial charge in [-0.05, 0) is 0 Å². The van der Waals surface area contributed by atoms with E-state index in [1.807, 2.05) is 0 Å². The van der Waals surface area contributed by atoms with E-state index >= 15 is 0 Å². The number of hydrogen-bond acceptors (Lipinski definition) is 12. The van der Waals surface area contributed by atoms with Gasteiger partial charge in [0.25, 0.3) is 0 Å². The van der Waals surface area contributed by atoms with Gasteiger partial charge in [-0.1, -0.05) is 0 Å². The summed E-state index contributed by atoms with van der Waals surface area (Å²) in [5.74, 6) is 0. The third kappa shape index (κ3) is 632. The van der Waals surface area contributed by atoms with Gasteiger partial charge in [0.05, 0.1) is 20.3 Å². The average molecular weight is 388 g/mol. The minimum atomic E-state index is -1.75. The van der Waals surface area contributed by atoms with E-state index in [0.29, 0.717) is 0 Å². The first-order chi connectivity index (χ1) is 6.93. The molecule has 0 aromatic rings. The van der Waals surface area contributed by atoms with Crippen LogP contribution in [-0.4, -0.2) is 20.3 Å². The molecule has 17 heteroatoms. The Balaban J connectivity index is -0.0000000369. The van der Waals surface area contributed by atoms with Crippen LogP contribution in [0.3, 0.4) is 0 Å². The van der Waals surface area contributed by atoms with Gasteiger partial charge in [0.1, 0.15) is 0 Å². The van der Waals surface area contributed by atoms with Crippen LogP contribution in [0.2, 0.25) is 0 Å². The molecule has 0 heterocycles. The van der Waals surface area contributed by atoms with Crippen LogP contribution in [0.4, 0.5) is 0 Å². The van der Waals surface area contributed by atoms with Gasteiger partial charge >= 0.3 is 41.7 Å². The molecule has 0 aliphatic heterocycles. The molecule has 0 aliphatic carbocycles. The SMILES string of the molecule is O=[N+]([O-])[O-].O=[N+]([O-])[O-].O=[N+]([O-])[O-].O=[N+]([O-])[O-].[Ce+4]. The van der Waals surface area contributed by atoms with Crippen LogP contribution in [0.5, 0.6) is 0 Å². The summed E-state index contributed by atoms with van der Waals surface area (Å²) in [7, 11) is 0. The van der Waals surface area contributed by atoms with Crippen molar-refractivity contribution in [2.24, 2.45) is 0 Å². The maximum absolute atomic E-state index is 8.25. The van der Waals surface area contributed by atoms with Gasteiger partial charge < -0.3 is 61.3 Å². The molecule has 0 amide bonds. The van der Waals surface area contributed by atoms with Gasteiger partial charge in [0.15, 0.2) is 0 Å². The second-order valence-electron chi connectivity index (χ2n) is 0.894. The maximum atomic E-state index is 8.25.